The second-order valence-electron chi connectivity index (χ2n) is 6.85. The molecular weight excluding hydrogens is 410 g/mol. The summed E-state index contributed by atoms with van der Waals surface area (Å²) in [4.78, 5) is 18.3. The fourth-order valence-electron chi connectivity index (χ4n) is 3.29. The molecule has 0 radical (unpaired) electrons. The molecule has 0 saturated carbocycles. The number of nitrogens with one attached hydrogen (secondary N) is 1. The highest BCUT2D eigenvalue weighted by molar-refractivity contribution is 7.98. The number of benzene rings is 2. The number of thioether (sulfide) groups is 1. The van der Waals surface area contributed by atoms with Crippen LogP contribution in [0.4, 0.5) is 0 Å². The predicted molar refractivity (Wildman–Crippen MR) is 122 cm³/mol. The zero-order valence-corrected chi connectivity index (χ0v) is 18.2. The van der Waals surface area contributed by atoms with Gasteiger partial charge in [-0.05, 0) is 42.5 Å². The van der Waals surface area contributed by atoms with E-state index >= 15 is 0 Å². The Morgan fingerprint density at radius 3 is 2.61 bits per heavy atom. The molecule has 158 valence electrons. The third-order valence-electron chi connectivity index (χ3n) is 4.84. The lowest BCUT2D eigenvalue weighted by Crippen LogP contribution is -2.23. The van der Waals surface area contributed by atoms with Crippen molar-refractivity contribution in [1.82, 2.24) is 14.7 Å². The van der Waals surface area contributed by atoms with Gasteiger partial charge in [-0.2, -0.15) is 0 Å². The molecular formula is C24H23N3O3S. The fourth-order valence-corrected chi connectivity index (χ4v) is 4.07. The van der Waals surface area contributed by atoms with Gasteiger partial charge in [0, 0.05) is 40.7 Å². The number of ether oxygens (including phenoxy) is 2. The average molecular weight is 434 g/mol. The normalized spacial score (nSPS) is 10.8. The molecule has 7 heteroatoms. The van der Waals surface area contributed by atoms with Gasteiger partial charge in [-0.1, -0.05) is 18.2 Å². The number of methoxy groups -OCH3 is 2. The summed E-state index contributed by atoms with van der Waals surface area (Å²) in [5.74, 6) is 1.90. The number of carbonyl (C=O) groups excluding carboxylic acids is 1. The third-order valence-corrected chi connectivity index (χ3v) is 5.89. The van der Waals surface area contributed by atoms with Gasteiger partial charge in [-0.15, -0.1) is 11.8 Å². The summed E-state index contributed by atoms with van der Waals surface area (Å²) < 4.78 is 12.7. The van der Waals surface area contributed by atoms with Crippen molar-refractivity contribution in [2.45, 2.75) is 17.2 Å². The number of pyridine rings is 1. The van der Waals surface area contributed by atoms with Gasteiger partial charge in [-0.3, -0.25) is 4.79 Å². The third kappa shape index (κ3) is 4.83. The number of nitrogens with zero attached hydrogens (tertiary/aromatic N) is 2. The molecule has 0 saturated heterocycles. The Kier molecular flexibility index (Phi) is 6.43. The molecule has 1 amide bonds. The van der Waals surface area contributed by atoms with Crippen LogP contribution in [-0.2, 0) is 12.3 Å². The molecule has 0 spiro atoms. The van der Waals surface area contributed by atoms with Crippen LogP contribution in [0.5, 0.6) is 11.5 Å². The van der Waals surface area contributed by atoms with Crippen LogP contribution >= 0.6 is 11.8 Å². The lowest BCUT2D eigenvalue weighted by molar-refractivity contribution is 0.0950. The molecule has 0 atom stereocenters. The van der Waals surface area contributed by atoms with Crippen molar-refractivity contribution in [2.75, 3.05) is 14.2 Å². The highest BCUT2D eigenvalue weighted by atomic mass is 32.2. The maximum atomic E-state index is 12.6. The van der Waals surface area contributed by atoms with Crippen LogP contribution in [0.2, 0.25) is 0 Å². The largest absolute Gasteiger partial charge is 0.493 e. The minimum atomic E-state index is -0.137. The van der Waals surface area contributed by atoms with Crippen molar-refractivity contribution in [1.29, 1.82) is 0 Å². The number of para-hydroxylation sites is 1. The van der Waals surface area contributed by atoms with Gasteiger partial charge in [0.15, 0.2) is 11.5 Å². The fraction of sp³-hybridized carbons (Fsp3) is 0.167. The number of amides is 1. The quantitative estimate of drug-likeness (QED) is 0.412. The molecule has 31 heavy (non-hydrogen) atoms. The molecule has 0 aliphatic heterocycles. The first-order chi connectivity index (χ1) is 15.2. The minimum Gasteiger partial charge on any atom is -0.493 e. The molecule has 0 unspecified atom stereocenters. The zero-order valence-electron chi connectivity index (χ0n) is 17.4. The second-order valence-corrected chi connectivity index (χ2v) is 7.90. The molecule has 2 aromatic carbocycles. The van der Waals surface area contributed by atoms with Crippen molar-refractivity contribution >= 4 is 23.3 Å². The molecule has 1 N–H and O–H groups in total. The van der Waals surface area contributed by atoms with E-state index in [1.807, 2.05) is 77.5 Å². The molecule has 0 fully saturated rings. The molecule has 0 aliphatic carbocycles. The summed E-state index contributed by atoms with van der Waals surface area (Å²) in [6.45, 7) is 0.351. The van der Waals surface area contributed by atoms with E-state index in [1.165, 1.54) is 0 Å². The molecule has 6 nitrogen and oxygen atoms in total. The monoisotopic (exact) mass is 433 g/mol. The number of aromatic nitrogens is 2. The summed E-state index contributed by atoms with van der Waals surface area (Å²) in [5, 5.41) is 2.94. The van der Waals surface area contributed by atoms with E-state index < -0.39 is 0 Å². The molecule has 0 bridgehead atoms. The number of imidazole rings is 1. The molecule has 0 aliphatic rings. The van der Waals surface area contributed by atoms with Crippen LogP contribution in [0.1, 0.15) is 21.6 Å². The van der Waals surface area contributed by atoms with E-state index in [4.69, 9.17) is 9.47 Å². The maximum Gasteiger partial charge on any atom is 0.251 e. The van der Waals surface area contributed by atoms with Gasteiger partial charge in [-0.25, -0.2) is 4.98 Å². The predicted octanol–water partition coefficient (Wildman–Crippen LogP) is 4.57. The van der Waals surface area contributed by atoms with E-state index in [0.29, 0.717) is 23.6 Å². The van der Waals surface area contributed by atoms with Crippen LogP contribution in [0.15, 0.2) is 78.0 Å². The van der Waals surface area contributed by atoms with Crippen LogP contribution in [0.3, 0.4) is 0 Å². The number of fused-ring (bicyclic) bond motifs is 1. The van der Waals surface area contributed by atoms with Crippen molar-refractivity contribution in [3.05, 3.63) is 89.9 Å². The summed E-state index contributed by atoms with van der Waals surface area (Å²) in [7, 11) is 3.18. The Labute approximate surface area is 185 Å². The van der Waals surface area contributed by atoms with Gasteiger partial charge in [0.2, 0.25) is 0 Å². The van der Waals surface area contributed by atoms with Crippen molar-refractivity contribution in [3.8, 4) is 11.5 Å². The Hall–Kier alpha value is -3.45. The van der Waals surface area contributed by atoms with E-state index in [9.17, 15) is 4.79 Å². The van der Waals surface area contributed by atoms with Gasteiger partial charge >= 0.3 is 0 Å². The van der Waals surface area contributed by atoms with E-state index in [2.05, 4.69) is 10.3 Å². The SMILES string of the molecule is COc1cccc(CNC(=O)c2ccc(SCc3cn4ccccc4n3)cc2)c1OC. The first-order valence-electron chi connectivity index (χ1n) is 9.81. The topological polar surface area (TPSA) is 64.9 Å². The van der Waals surface area contributed by atoms with E-state index in [-0.39, 0.29) is 5.91 Å². The Bertz CT molecular complexity index is 1160. The molecule has 2 heterocycles. The highest BCUT2D eigenvalue weighted by Gasteiger charge is 2.12. The van der Waals surface area contributed by atoms with Gasteiger partial charge in [0.05, 0.1) is 19.9 Å². The zero-order chi connectivity index (χ0) is 21.6. The van der Waals surface area contributed by atoms with E-state index in [0.717, 1.165) is 27.6 Å². The van der Waals surface area contributed by atoms with Gasteiger partial charge < -0.3 is 19.2 Å². The van der Waals surface area contributed by atoms with Crippen molar-refractivity contribution in [3.63, 3.8) is 0 Å². The van der Waals surface area contributed by atoms with Crippen LogP contribution in [-0.4, -0.2) is 29.5 Å². The lowest BCUT2D eigenvalue weighted by atomic mass is 10.1. The maximum absolute atomic E-state index is 12.6. The number of carbonyl (C=O) groups is 1. The van der Waals surface area contributed by atoms with Crippen molar-refractivity contribution < 1.29 is 14.3 Å². The first kappa shape index (κ1) is 20.8. The Balaban J connectivity index is 1.35. The summed E-state index contributed by atoms with van der Waals surface area (Å²) in [6, 6.07) is 19.2. The van der Waals surface area contributed by atoms with Crippen LogP contribution in [0, 0.1) is 0 Å². The minimum absolute atomic E-state index is 0.137. The number of hydrogen-bond acceptors (Lipinski definition) is 5. The van der Waals surface area contributed by atoms with E-state index in [1.54, 1.807) is 26.0 Å². The summed E-state index contributed by atoms with van der Waals surface area (Å²) in [5.41, 5.74) is 3.43. The smallest absolute Gasteiger partial charge is 0.251 e. The Morgan fingerprint density at radius 2 is 1.87 bits per heavy atom. The second kappa shape index (κ2) is 9.57. The lowest BCUT2D eigenvalue weighted by Gasteiger charge is -2.13. The molecule has 2 aromatic heterocycles. The summed E-state index contributed by atoms with van der Waals surface area (Å²) in [6.07, 6.45) is 4.03. The van der Waals surface area contributed by atoms with Crippen LogP contribution in [0.25, 0.3) is 5.65 Å². The molecule has 4 aromatic rings. The average Bonchev–Trinajstić information content (AvgIpc) is 3.24. The van der Waals surface area contributed by atoms with Gasteiger partial charge in [0.1, 0.15) is 5.65 Å². The standard InChI is InChI=1S/C24H23N3O3S/c1-29-21-7-5-6-18(23(21)30-2)14-25-24(28)17-9-11-20(12-10-17)31-16-19-15-27-13-4-3-8-22(27)26-19/h3-13,15H,14,16H2,1-2H3,(H,25,28). The highest BCUT2D eigenvalue weighted by Crippen LogP contribution is 2.30. The van der Waals surface area contributed by atoms with Gasteiger partial charge in [0.25, 0.3) is 5.91 Å². The Morgan fingerprint density at radius 1 is 1.03 bits per heavy atom. The molecule has 4 rings (SSSR count). The number of rotatable bonds is 8. The number of hydrogen-bond donors (Lipinski definition) is 1. The summed E-state index contributed by atoms with van der Waals surface area (Å²) >= 11 is 1.69. The first-order valence-corrected chi connectivity index (χ1v) is 10.8. The van der Waals surface area contributed by atoms with Crippen LogP contribution < -0.4 is 14.8 Å². The van der Waals surface area contributed by atoms with Crippen molar-refractivity contribution in [2.24, 2.45) is 0 Å².